The molecule has 0 aliphatic rings. The van der Waals surface area contributed by atoms with Gasteiger partial charge in [-0.3, -0.25) is 0 Å². The van der Waals surface area contributed by atoms with E-state index < -0.39 is 0 Å². The van der Waals surface area contributed by atoms with Crippen LogP contribution in [0, 0.1) is 0 Å². The van der Waals surface area contributed by atoms with Crippen molar-refractivity contribution in [3.8, 4) is 0 Å². The maximum atomic E-state index is 5.80. The van der Waals surface area contributed by atoms with Crippen molar-refractivity contribution in [3.63, 3.8) is 0 Å². The Balaban J connectivity index is 3.25. The maximum absolute atomic E-state index is 5.80. The second-order valence-corrected chi connectivity index (χ2v) is 5.73. The summed E-state index contributed by atoms with van der Waals surface area (Å²) in [5.41, 5.74) is 0. The van der Waals surface area contributed by atoms with Crippen molar-refractivity contribution in [2.45, 2.75) is 0 Å². The number of hydrogen-bond donors (Lipinski definition) is 0. The average Bonchev–Trinajstić information content (AvgIpc) is 1.83. The summed E-state index contributed by atoms with van der Waals surface area (Å²) in [5.74, 6) is 0. The standard InChI is InChI=1S/C6H3Cl2.In.2H/c7-5-3-1-2-4-6(5)8;;;/h1-3H;;;. The summed E-state index contributed by atoms with van der Waals surface area (Å²) in [7, 11) is 0. The molecule has 0 aromatic heterocycles. The Morgan fingerprint density at radius 1 is 1.22 bits per heavy atom. The Morgan fingerprint density at radius 2 is 1.89 bits per heavy atom. The molecule has 1 aromatic carbocycles. The molecule has 1 aromatic rings. The van der Waals surface area contributed by atoms with Gasteiger partial charge in [-0.2, -0.15) is 0 Å². The molecule has 0 amide bonds. The number of benzene rings is 1. The summed E-state index contributed by atoms with van der Waals surface area (Å²) in [6.07, 6.45) is 0. The van der Waals surface area contributed by atoms with Crippen molar-refractivity contribution < 1.29 is 0 Å². The first-order valence-electron chi connectivity index (χ1n) is 2.62. The Kier molecular flexibility index (Phi) is 2.74. The zero-order chi connectivity index (χ0) is 6.85. The van der Waals surface area contributed by atoms with Gasteiger partial charge in [0, 0.05) is 0 Å². The van der Waals surface area contributed by atoms with Gasteiger partial charge in [-0.1, -0.05) is 0 Å². The molecule has 0 nitrogen and oxygen atoms in total. The predicted octanol–water partition coefficient (Wildman–Crippen LogP) is 1.25. The first-order valence-corrected chi connectivity index (χ1v) is 6.23. The topological polar surface area (TPSA) is 0 Å². The van der Waals surface area contributed by atoms with Crippen LogP contribution < -0.4 is 3.32 Å². The minimum absolute atomic E-state index is 0.463. The third kappa shape index (κ3) is 1.79. The van der Waals surface area contributed by atoms with Gasteiger partial charge in [0.25, 0.3) is 0 Å². The van der Waals surface area contributed by atoms with Crippen LogP contribution >= 0.6 is 23.2 Å². The van der Waals surface area contributed by atoms with Gasteiger partial charge in [-0.15, -0.1) is 0 Å². The molecule has 0 unspecified atom stereocenters. The van der Waals surface area contributed by atoms with Crippen LogP contribution in [-0.2, 0) is 0 Å². The van der Waals surface area contributed by atoms with Crippen molar-refractivity contribution in [2.24, 2.45) is 0 Å². The van der Waals surface area contributed by atoms with Crippen LogP contribution in [0.4, 0.5) is 0 Å². The molecule has 0 spiro atoms. The third-order valence-electron chi connectivity index (χ3n) is 1.14. The summed E-state index contributed by atoms with van der Waals surface area (Å²) >= 11 is 12.0. The van der Waals surface area contributed by atoms with E-state index in [2.05, 4.69) is 0 Å². The first-order chi connectivity index (χ1) is 4.22. The third-order valence-corrected chi connectivity index (χ3v) is 5.34. The molecule has 46 valence electrons. The van der Waals surface area contributed by atoms with Gasteiger partial charge in [-0.25, -0.2) is 0 Å². The van der Waals surface area contributed by atoms with Crippen LogP contribution in [-0.4, -0.2) is 24.4 Å². The SMILES string of the molecule is Clc1ccc[c]([InH2])c1Cl. The molecule has 3 heteroatoms. The molecular weight excluding hydrogens is 258 g/mol. The fraction of sp³-hybridized carbons (Fsp3) is 0. The monoisotopic (exact) mass is 262 g/mol. The zero-order valence-corrected chi connectivity index (χ0v) is 12.2. The molecule has 1 rings (SSSR count). The molecule has 0 atom stereocenters. The normalized spacial score (nSPS) is 9.56. The van der Waals surface area contributed by atoms with Crippen molar-refractivity contribution in [2.75, 3.05) is 0 Å². The molecule has 0 heterocycles. The summed E-state index contributed by atoms with van der Waals surface area (Å²) in [6.45, 7) is 0. The summed E-state index contributed by atoms with van der Waals surface area (Å²) < 4.78 is 1.23. The van der Waals surface area contributed by atoms with Crippen LogP contribution in [0.1, 0.15) is 0 Å². The van der Waals surface area contributed by atoms with E-state index in [9.17, 15) is 0 Å². The van der Waals surface area contributed by atoms with Gasteiger partial charge < -0.3 is 0 Å². The molecule has 0 saturated carbocycles. The van der Waals surface area contributed by atoms with Gasteiger partial charge in [0.15, 0.2) is 0 Å². The van der Waals surface area contributed by atoms with Crippen LogP contribution in [0.5, 0.6) is 0 Å². The van der Waals surface area contributed by atoms with Crippen molar-refractivity contribution in [3.05, 3.63) is 28.2 Å². The van der Waals surface area contributed by atoms with E-state index in [-0.39, 0.29) is 0 Å². The molecule has 0 N–H and O–H groups in total. The van der Waals surface area contributed by atoms with E-state index in [1.807, 2.05) is 18.2 Å². The van der Waals surface area contributed by atoms with Crippen LogP contribution in [0.2, 0.25) is 10.0 Å². The molecule has 0 aliphatic heterocycles. The van der Waals surface area contributed by atoms with Crippen LogP contribution in [0.15, 0.2) is 18.2 Å². The second-order valence-electron chi connectivity index (χ2n) is 1.87. The van der Waals surface area contributed by atoms with E-state index in [1.165, 1.54) is 3.32 Å². The van der Waals surface area contributed by atoms with Gasteiger partial charge >= 0.3 is 79.1 Å². The van der Waals surface area contributed by atoms with Gasteiger partial charge in [0.2, 0.25) is 0 Å². The quantitative estimate of drug-likeness (QED) is 0.660. The number of rotatable bonds is 0. The van der Waals surface area contributed by atoms with Gasteiger partial charge in [-0.05, 0) is 0 Å². The van der Waals surface area contributed by atoms with Crippen molar-refractivity contribution >= 4 is 50.9 Å². The Bertz CT molecular complexity index is 202. The molecule has 0 fully saturated rings. The fourth-order valence-corrected chi connectivity index (χ4v) is 2.73. The Morgan fingerprint density at radius 3 is 2.33 bits per heavy atom. The fourth-order valence-electron chi connectivity index (χ4n) is 0.612. The zero-order valence-electron chi connectivity index (χ0n) is 4.99. The van der Waals surface area contributed by atoms with E-state index in [0.29, 0.717) is 29.4 Å². The molecule has 0 radical (unpaired) electrons. The van der Waals surface area contributed by atoms with E-state index in [4.69, 9.17) is 23.2 Å². The molecule has 0 aliphatic carbocycles. The van der Waals surface area contributed by atoms with Crippen LogP contribution in [0.3, 0.4) is 0 Å². The molecule has 9 heavy (non-hydrogen) atoms. The van der Waals surface area contributed by atoms with Gasteiger partial charge in [0.05, 0.1) is 0 Å². The molecular formula is C6H5Cl2In. The van der Waals surface area contributed by atoms with E-state index in [0.717, 1.165) is 5.02 Å². The molecule has 0 saturated heterocycles. The predicted molar refractivity (Wildman–Crippen MR) is 44.6 cm³/mol. The summed E-state index contributed by atoms with van der Waals surface area (Å²) in [5, 5.41) is 1.42. The number of halogens is 2. The Labute approximate surface area is 78.7 Å². The van der Waals surface area contributed by atoms with E-state index >= 15 is 0 Å². The second kappa shape index (κ2) is 3.18. The average molecular weight is 263 g/mol. The Hall–Kier alpha value is 0.670. The van der Waals surface area contributed by atoms with E-state index in [1.54, 1.807) is 0 Å². The van der Waals surface area contributed by atoms with Crippen molar-refractivity contribution in [1.82, 2.24) is 0 Å². The summed E-state index contributed by atoms with van der Waals surface area (Å²) in [4.78, 5) is 0. The summed E-state index contributed by atoms with van der Waals surface area (Å²) in [6, 6.07) is 5.76. The van der Waals surface area contributed by atoms with Crippen LogP contribution in [0.25, 0.3) is 0 Å². The van der Waals surface area contributed by atoms with Crippen molar-refractivity contribution in [1.29, 1.82) is 0 Å². The minimum atomic E-state index is 0.463. The molecule has 0 bridgehead atoms. The number of hydrogen-bond acceptors (Lipinski definition) is 0. The van der Waals surface area contributed by atoms with Gasteiger partial charge in [0.1, 0.15) is 0 Å². The first kappa shape index (κ1) is 7.77.